The standard InChI is InChI=1S/C26H26N2O4S/c1-15(2)28-12-11-20-22(13-28)33-24(23(20)25(29)30)27-26(31)32-14-21-18-9-5-3-7-16(18)17-8-4-6-10-19(17)21/h3-10,15,21H,11-14H2,1-2H3,(H,27,31)(H,29,30). The number of carboxylic acids is 1. The highest BCUT2D eigenvalue weighted by molar-refractivity contribution is 7.17. The number of benzene rings is 2. The SMILES string of the molecule is CC(C)N1CCc2c(sc(NC(=O)OCC3c4ccccc4-c4ccccc43)c2C(=O)O)C1. The van der Waals surface area contributed by atoms with E-state index >= 15 is 0 Å². The first-order chi connectivity index (χ1) is 15.9. The van der Waals surface area contributed by atoms with E-state index in [4.69, 9.17) is 4.74 Å². The number of carboxylic acid groups (broad SMARTS) is 1. The maximum absolute atomic E-state index is 12.7. The van der Waals surface area contributed by atoms with Gasteiger partial charge in [-0.25, -0.2) is 9.59 Å². The number of carbonyl (C=O) groups is 2. The van der Waals surface area contributed by atoms with Gasteiger partial charge in [0, 0.05) is 29.9 Å². The number of rotatable bonds is 5. The van der Waals surface area contributed by atoms with E-state index < -0.39 is 12.1 Å². The van der Waals surface area contributed by atoms with Crippen molar-refractivity contribution >= 4 is 28.4 Å². The molecule has 5 rings (SSSR count). The number of nitrogens with zero attached hydrogens (tertiary/aromatic N) is 1. The average molecular weight is 463 g/mol. The van der Waals surface area contributed by atoms with Crippen molar-refractivity contribution in [3.8, 4) is 11.1 Å². The zero-order chi connectivity index (χ0) is 23.1. The molecule has 0 saturated carbocycles. The van der Waals surface area contributed by atoms with Crippen LogP contribution in [0.25, 0.3) is 11.1 Å². The highest BCUT2D eigenvalue weighted by Crippen LogP contribution is 2.44. The van der Waals surface area contributed by atoms with Gasteiger partial charge in [-0.2, -0.15) is 0 Å². The molecule has 0 radical (unpaired) electrons. The van der Waals surface area contributed by atoms with Crippen molar-refractivity contribution in [2.45, 2.75) is 38.8 Å². The molecule has 0 bridgehead atoms. The van der Waals surface area contributed by atoms with Gasteiger partial charge in [-0.15, -0.1) is 11.3 Å². The smallest absolute Gasteiger partial charge is 0.412 e. The van der Waals surface area contributed by atoms with E-state index in [1.807, 2.05) is 24.3 Å². The summed E-state index contributed by atoms with van der Waals surface area (Å²) in [6, 6.07) is 16.7. The molecule has 1 amide bonds. The molecule has 3 aromatic rings. The number of aromatic carboxylic acids is 1. The van der Waals surface area contributed by atoms with Crippen LogP contribution in [0.2, 0.25) is 0 Å². The van der Waals surface area contributed by atoms with Crippen LogP contribution in [0.3, 0.4) is 0 Å². The van der Waals surface area contributed by atoms with Gasteiger partial charge < -0.3 is 9.84 Å². The predicted molar refractivity (Wildman–Crippen MR) is 129 cm³/mol. The lowest BCUT2D eigenvalue weighted by Crippen LogP contribution is -2.35. The minimum absolute atomic E-state index is 0.0433. The van der Waals surface area contributed by atoms with E-state index in [-0.39, 0.29) is 18.1 Å². The highest BCUT2D eigenvalue weighted by Gasteiger charge is 2.31. The molecule has 1 aromatic heterocycles. The van der Waals surface area contributed by atoms with E-state index in [0.29, 0.717) is 24.0 Å². The number of anilines is 1. The number of hydrogen-bond acceptors (Lipinski definition) is 5. The van der Waals surface area contributed by atoms with Crippen molar-refractivity contribution in [1.29, 1.82) is 0 Å². The molecule has 2 heterocycles. The van der Waals surface area contributed by atoms with Crippen molar-refractivity contribution in [3.63, 3.8) is 0 Å². The highest BCUT2D eigenvalue weighted by atomic mass is 32.1. The third kappa shape index (κ3) is 3.92. The van der Waals surface area contributed by atoms with E-state index in [0.717, 1.165) is 39.2 Å². The Kier molecular flexibility index (Phi) is 5.68. The molecule has 0 atom stereocenters. The van der Waals surface area contributed by atoms with Gasteiger partial charge in [0.2, 0.25) is 0 Å². The van der Waals surface area contributed by atoms with E-state index in [9.17, 15) is 14.7 Å². The average Bonchev–Trinajstić information content (AvgIpc) is 3.32. The molecule has 6 nitrogen and oxygen atoms in total. The lowest BCUT2D eigenvalue weighted by molar-refractivity contribution is 0.0696. The quantitative estimate of drug-likeness (QED) is 0.518. The second-order valence-corrected chi connectivity index (χ2v) is 9.88. The van der Waals surface area contributed by atoms with Crippen LogP contribution in [-0.4, -0.2) is 41.3 Å². The molecule has 2 N–H and O–H groups in total. The summed E-state index contributed by atoms with van der Waals surface area (Å²) in [5, 5.41) is 12.9. The summed E-state index contributed by atoms with van der Waals surface area (Å²) in [7, 11) is 0. The normalized spacial score (nSPS) is 15.1. The Morgan fingerprint density at radius 3 is 2.36 bits per heavy atom. The molecule has 0 spiro atoms. The Morgan fingerprint density at radius 2 is 1.76 bits per heavy atom. The molecular formula is C26H26N2O4S. The van der Waals surface area contributed by atoms with Gasteiger partial charge in [-0.1, -0.05) is 48.5 Å². The van der Waals surface area contributed by atoms with E-state index in [1.54, 1.807) is 0 Å². The van der Waals surface area contributed by atoms with Crippen molar-refractivity contribution in [2.75, 3.05) is 18.5 Å². The Labute approximate surface area is 196 Å². The molecule has 1 aliphatic heterocycles. The molecule has 1 aliphatic carbocycles. The number of ether oxygens (including phenoxy) is 1. The van der Waals surface area contributed by atoms with Crippen LogP contribution >= 0.6 is 11.3 Å². The first kappa shape index (κ1) is 21.7. The molecule has 2 aromatic carbocycles. The van der Waals surface area contributed by atoms with Crippen molar-refractivity contribution in [2.24, 2.45) is 0 Å². The van der Waals surface area contributed by atoms with Crippen LogP contribution in [-0.2, 0) is 17.7 Å². The summed E-state index contributed by atoms with van der Waals surface area (Å²) in [4.78, 5) is 28.0. The lowest BCUT2D eigenvalue weighted by atomic mass is 9.98. The van der Waals surface area contributed by atoms with Crippen molar-refractivity contribution in [1.82, 2.24) is 4.90 Å². The fourth-order valence-electron chi connectivity index (χ4n) is 4.91. The van der Waals surface area contributed by atoms with Crippen LogP contribution in [0.4, 0.5) is 9.80 Å². The second-order valence-electron chi connectivity index (χ2n) is 8.78. The number of amides is 1. The van der Waals surface area contributed by atoms with Gasteiger partial charge >= 0.3 is 12.1 Å². The monoisotopic (exact) mass is 462 g/mol. The summed E-state index contributed by atoms with van der Waals surface area (Å²) in [6.07, 6.45) is 0.0385. The largest absolute Gasteiger partial charge is 0.478 e. The Hall–Kier alpha value is -3.16. The number of fused-ring (bicyclic) bond motifs is 4. The molecule has 7 heteroatoms. The molecular weight excluding hydrogens is 436 g/mol. The van der Waals surface area contributed by atoms with Crippen LogP contribution in [0.5, 0.6) is 0 Å². The summed E-state index contributed by atoms with van der Waals surface area (Å²) >= 11 is 1.34. The van der Waals surface area contributed by atoms with Crippen LogP contribution in [0, 0.1) is 0 Å². The Bertz CT molecular complexity index is 1190. The van der Waals surface area contributed by atoms with Gasteiger partial charge in [0.1, 0.15) is 11.6 Å². The third-order valence-corrected chi connectivity index (χ3v) is 7.72. The first-order valence-corrected chi connectivity index (χ1v) is 12.0. The zero-order valence-corrected chi connectivity index (χ0v) is 19.4. The number of carbonyl (C=O) groups excluding carboxylic acids is 1. The van der Waals surface area contributed by atoms with Crippen LogP contribution in [0.15, 0.2) is 48.5 Å². The van der Waals surface area contributed by atoms with Crippen molar-refractivity contribution in [3.05, 3.63) is 75.7 Å². The van der Waals surface area contributed by atoms with E-state index in [1.165, 1.54) is 11.3 Å². The fourth-order valence-corrected chi connectivity index (χ4v) is 6.16. The van der Waals surface area contributed by atoms with Gasteiger partial charge in [0.25, 0.3) is 0 Å². The summed E-state index contributed by atoms with van der Waals surface area (Å²) in [5.41, 5.74) is 5.63. The van der Waals surface area contributed by atoms with Crippen LogP contribution < -0.4 is 5.32 Å². The lowest BCUT2D eigenvalue weighted by Gasteiger charge is -2.30. The number of hydrogen-bond donors (Lipinski definition) is 2. The Morgan fingerprint density at radius 1 is 1.12 bits per heavy atom. The topological polar surface area (TPSA) is 78.9 Å². The van der Waals surface area contributed by atoms with E-state index in [2.05, 4.69) is 48.3 Å². The third-order valence-electron chi connectivity index (χ3n) is 6.59. The number of thiophene rings is 1. The van der Waals surface area contributed by atoms with Gasteiger partial charge in [-0.05, 0) is 48.1 Å². The molecule has 170 valence electrons. The molecule has 0 saturated heterocycles. The Balaban J connectivity index is 1.33. The molecule has 2 aliphatic rings. The number of nitrogens with one attached hydrogen (secondary N) is 1. The van der Waals surface area contributed by atoms with Crippen LogP contribution in [0.1, 0.15) is 51.7 Å². The minimum Gasteiger partial charge on any atom is -0.478 e. The first-order valence-electron chi connectivity index (χ1n) is 11.2. The minimum atomic E-state index is -1.01. The zero-order valence-electron chi connectivity index (χ0n) is 18.6. The fraction of sp³-hybridized carbons (Fsp3) is 0.308. The van der Waals surface area contributed by atoms with Gasteiger partial charge in [0.15, 0.2) is 0 Å². The summed E-state index contributed by atoms with van der Waals surface area (Å²) in [5.74, 6) is -1.06. The second kappa shape index (κ2) is 8.65. The summed E-state index contributed by atoms with van der Waals surface area (Å²) < 4.78 is 5.62. The maximum atomic E-state index is 12.7. The maximum Gasteiger partial charge on any atom is 0.412 e. The van der Waals surface area contributed by atoms with Gasteiger partial charge in [-0.3, -0.25) is 10.2 Å². The molecule has 33 heavy (non-hydrogen) atoms. The predicted octanol–water partition coefficient (Wildman–Crippen LogP) is 5.57. The molecule has 0 unspecified atom stereocenters. The summed E-state index contributed by atoms with van der Waals surface area (Å²) in [6.45, 7) is 5.96. The molecule has 0 fully saturated rings. The van der Waals surface area contributed by atoms with Gasteiger partial charge in [0.05, 0.1) is 5.56 Å². The van der Waals surface area contributed by atoms with Crippen molar-refractivity contribution < 1.29 is 19.4 Å².